The van der Waals surface area contributed by atoms with Gasteiger partial charge in [0.2, 0.25) is 5.75 Å². The van der Waals surface area contributed by atoms with E-state index in [1.807, 2.05) is 12.1 Å². The number of hydrogen-bond donors (Lipinski definition) is 2. The Morgan fingerprint density at radius 2 is 1.71 bits per heavy atom. The van der Waals surface area contributed by atoms with Gasteiger partial charge in [-0.2, -0.15) is 0 Å². The van der Waals surface area contributed by atoms with Crippen LogP contribution >= 0.6 is 0 Å². The topological polar surface area (TPSA) is 107 Å². The summed E-state index contributed by atoms with van der Waals surface area (Å²) in [6.45, 7) is 2.72. The number of aromatic nitrogens is 3. The first-order valence-corrected chi connectivity index (χ1v) is 12.5. The quantitative estimate of drug-likeness (QED) is 0.272. The molecular weight excluding hydrogens is 482 g/mol. The first-order chi connectivity index (χ1) is 18.5. The number of carbonyl (C=O) groups is 1. The first-order valence-electron chi connectivity index (χ1n) is 12.5. The molecule has 1 atom stereocenters. The summed E-state index contributed by atoms with van der Waals surface area (Å²) in [5.74, 6) is 2.23. The number of rotatable bonds is 11. The summed E-state index contributed by atoms with van der Waals surface area (Å²) < 4.78 is 16.4. The van der Waals surface area contributed by atoms with Crippen LogP contribution in [0, 0.1) is 5.92 Å². The van der Waals surface area contributed by atoms with E-state index < -0.39 is 0 Å². The molecule has 0 aliphatic carbocycles. The zero-order chi connectivity index (χ0) is 26.9. The van der Waals surface area contributed by atoms with Gasteiger partial charge in [-0.3, -0.25) is 10.3 Å². The number of hydrogen-bond acceptors (Lipinski definition) is 7. The number of amides is 2. The van der Waals surface area contributed by atoms with Crippen molar-refractivity contribution in [2.45, 2.75) is 26.2 Å². The molecule has 2 aromatic heterocycles. The summed E-state index contributed by atoms with van der Waals surface area (Å²) in [6, 6.07) is 17.2. The Balaban J connectivity index is 1.39. The molecule has 0 spiro atoms. The van der Waals surface area contributed by atoms with E-state index in [2.05, 4.69) is 56.8 Å². The molecule has 2 N–H and O–H groups in total. The maximum absolute atomic E-state index is 12.5. The number of fused-ring (bicyclic) bond motifs is 1. The number of aryl methyl sites for hydroxylation is 1. The van der Waals surface area contributed by atoms with Gasteiger partial charge in [0.05, 0.1) is 33.2 Å². The smallest absolute Gasteiger partial charge is 0.320 e. The summed E-state index contributed by atoms with van der Waals surface area (Å²) in [6.07, 6.45) is 4.79. The minimum Gasteiger partial charge on any atom is -0.493 e. The summed E-state index contributed by atoms with van der Waals surface area (Å²) in [5.41, 5.74) is 3.56. The van der Waals surface area contributed by atoms with Crippen molar-refractivity contribution in [3.05, 3.63) is 66.4 Å². The van der Waals surface area contributed by atoms with Gasteiger partial charge in [0, 0.05) is 12.1 Å². The largest absolute Gasteiger partial charge is 0.493 e. The Labute approximate surface area is 222 Å². The van der Waals surface area contributed by atoms with E-state index in [4.69, 9.17) is 14.2 Å². The van der Waals surface area contributed by atoms with Crippen molar-refractivity contribution >= 4 is 23.0 Å². The van der Waals surface area contributed by atoms with Gasteiger partial charge in [-0.05, 0) is 55.0 Å². The predicted molar refractivity (Wildman–Crippen MR) is 148 cm³/mol. The fraction of sp³-hybridized carbons (Fsp3) is 0.310. The van der Waals surface area contributed by atoms with Crippen LogP contribution in [0.4, 0.5) is 10.6 Å². The lowest BCUT2D eigenvalue weighted by Gasteiger charge is -2.15. The first kappa shape index (κ1) is 26.7. The molecule has 2 aromatic carbocycles. The standard InChI is InChI=1S/C29H33N5O4/c1-19(9-8-12-20-10-6-5-7-11-20)17-31-29(35)34-25-16-14-22-28(33-25)32-23(18-30-22)21-13-15-24(36-2)27(38-4)26(21)37-3/h5-7,10-11,13-16,18-19H,8-9,12,17H2,1-4H3,(H2,31,32,33,34,35). The van der Waals surface area contributed by atoms with Gasteiger partial charge < -0.3 is 19.5 Å². The van der Waals surface area contributed by atoms with E-state index in [1.165, 1.54) is 5.56 Å². The van der Waals surface area contributed by atoms with E-state index in [9.17, 15) is 4.79 Å². The van der Waals surface area contributed by atoms with Gasteiger partial charge in [-0.15, -0.1) is 0 Å². The van der Waals surface area contributed by atoms with Crippen LogP contribution < -0.4 is 24.8 Å². The molecule has 2 amide bonds. The van der Waals surface area contributed by atoms with Gasteiger partial charge >= 0.3 is 6.03 Å². The van der Waals surface area contributed by atoms with Crippen LogP contribution in [0.2, 0.25) is 0 Å². The van der Waals surface area contributed by atoms with Crippen LogP contribution in [0.3, 0.4) is 0 Å². The number of ether oxygens (including phenoxy) is 3. The van der Waals surface area contributed by atoms with Crippen molar-refractivity contribution < 1.29 is 19.0 Å². The van der Waals surface area contributed by atoms with Crippen LogP contribution in [0.15, 0.2) is 60.8 Å². The maximum Gasteiger partial charge on any atom is 0.320 e. The highest BCUT2D eigenvalue weighted by molar-refractivity contribution is 5.89. The maximum atomic E-state index is 12.5. The average molecular weight is 516 g/mol. The van der Waals surface area contributed by atoms with Crippen LogP contribution in [-0.2, 0) is 6.42 Å². The molecular formula is C29H33N5O4. The zero-order valence-electron chi connectivity index (χ0n) is 22.2. The number of nitrogens with zero attached hydrogens (tertiary/aromatic N) is 3. The SMILES string of the molecule is COc1ccc(-c2cnc3ccc(NC(=O)NCC(C)CCCc4ccccc4)nc3n2)c(OC)c1OC. The molecule has 2 heterocycles. The second-order valence-electron chi connectivity index (χ2n) is 8.99. The fourth-order valence-electron chi connectivity index (χ4n) is 4.23. The zero-order valence-corrected chi connectivity index (χ0v) is 22.2. The average Bonchev–Trinajstić information content (AvgIpc) is 2.95. The number of methoxy groups -OCH3 is 3. The lowest BCUT2D eigenvalue weighted by molar-refractivity contribution is 0.250. The molecule has 0 saturated heterocycles. The van der Waals surface area contributed by atoms with Crippen molar-refractivity contribution in [3.63, 3.8) is 0 Å². The second kappa shape index (κ2) is 12.7. The summed E-state index contributed by atoms with van der Waals surface area (Å²) >= 11 is 0. The highest BCUT2D eigenvalue weighted by Gasteiger charge is 2.19. The van der Waals surface area contributed by atoms with Gasteiger partial charge in [-0.1, -0.05) is 37.3 Å². The van der Waals surface area contributed by atoms with Crippen molar-refractivity contribution in [2.75, 3.05) is 33.2 Å². The van der Waals surface area contributed by atoms with E-state index in [0.29, 0.717) is 58.0 Å². The molecule has 0 aliphatic heterocycles. The third kappa shape index (κ3) is 6.47. The van der Waals surface area contributed by atoms with Gasteiger partial charge in [-0.25, -0.2) is 14.8 Å². The highest BCUT2D eigenvalue weighted by Crippen LogP contribution is 2.43. The molecule has 0 bridgehead atoms. The number of benzene rings is 2. The Bertz CT molecular complexity index is 1380. The van der Waals surface area contributed by atoms with Gasteiger partial charge in [0.25, 0.3) is 0 Å². The molecule has 9 heteroatoms. The van der Waals surface area contributed by atoms with E-state index in [1.54, 1.807) is 45.7 Å². The Morgan fingerprint density at radius 1 is 0.921 bits per heavy atom. The number of pyridine rings is 1. The highest BCUT2D eigenvalue weighted by atomic mass is 16.5. The molecule has 0 saturated carbocycles. The Kier molecular flexibility index (Phi) is 8.92. The van der Waals surface area contributed by atoms with E-state index >= 15 is 0 Å². The molecule has 0 radical (unpaired) electrons. The molecule has 9 nitrogen and oxygen atoms in total. The monoisotopic (exact) mass is 515 g/mol. The lowest BCUT2D eigenvalue weighted by atomic mass is 10.0. The molecule has 4 rings (SSSR count). The molecule has 0 aliphatic rings. The molecule has 4 aromatic rings. The van der Waals surface area contributed by atoms with Crippen molar-refractivity contribution in [1.29, 1.82) is 0 Å². The van der Waals surface area contributed by atoms with Crippen molar-refractivity contribution in [2.24, 2.45) is 5.92 Å². The number of urea groups is 1. The second-order valence-corrected chi connectivity index (χ2v) is 8.99. The normalized spacial score (nSPS) is 11.6. The van der Waals surface area contributed by atoms with E-state index in [-0.39, 0.29) is 6.03 Å². The summed E-state index contributed by atoms with van der Waals surface area (Å²) in [4.78, 5) is 26.2. The lowest BCUT2D eigenvalue weighted by Crippen LogP contribution is -2.32. The summed E-state index contributed by atoms with van der Waals surface area (Å²) in [5, 5.41) is 5.73. The molecule has 38 heavy (non-hydrogen) atoms. The summed E-state index contributed by atoms with van der Waals surface area (Å²) in [7, 11) is 4.67. The minimum absolute atomic E-state index is 0.308. The number of carbonyl (C=O) groups excluding carboxylic acids is 1. The van der Waals surface area contributed by atoms with Crippen LogP contribution in [0.25, 0.3) is 22.4 Å². The van der Waals surface area contributed by atoms with Crippen LogP contribution in [0.1, 0.15) is 25.3 Å². The Morgan fingerprint density at radius 3 is 2.45 bits per heavy atom. The third-order valence-electron chi connectivity index (χ3n) is 6.24. The van der Waals surface area contributed by atoms with Crippen molar-refractivity contribution in [1.82, 2.24) is 20.3 Å². The van der Waals surface area contributed by atoms with Gasteiger partial charge in [0.15, 0.2) is 17.1 Å². The van der Waals surface area contributed by atoms with Gasteiger partial charge in [0.1, 0.15) is 11.3 Å². The molecule has 198 valence electrons. The number of nitrogens with one attached hydrogen (secondary N) is 2. The van der Waals surface area contributed by atoms with E-state index in [0.717, 1.165) is 19.3 Å². The Hall–Kier alpha value is -4.40. The van der Waals surface area contributed by atoms with Crippen LogP contribution in [0.5, 0.6) is 17.2 Å². The van der Waals surface area contributed by atoms with Crippen LogP contribution in [-0.4, -0.2) is 48.9 Å². The fourth-order valence-corrected chi connectivity index (χ4v) is 4.23. The predicted octanol–water partition coefficient (Wildman–Crippen LogP) is 5.50. The minimum atomic E-state index is -0.308. The molecule has 1 unspecified atom stereocenters. The number of anilines is 1. The molecule has 0 fully saturated rings. The third-order valence-corrected chi connectivity index (χ3v) is 6.24. The van der Waals surface area contributed by atoms with Crippen molar-refractivity contribution in [3.8, 4) is 28.5 Å².